The van der Waals surface area contributed by atoms with Gasteiger partial charge in [0.2, 0.25) is 11.8 Å². The van der Waals surface area contributed by atoms with Crippen LogP contribution in [0.25, 0.3) is 0 Å². The third kappa shape index (κ3) is 3.20. The molecule has 0 unspecified atom stereocenters. The highest BCUT2D eigenvalue weighted by Crippen LogP contribution is 2.39. The summed E-state index contributed by atoms with van der Waals surface area (Å²) in [6.45, 7) is 2.18. The zero-order valence-corrected chi connectivity index (χ0v) is 16.3. The Hall–Kier alpha value is -2.98. The number of nitriles is 1. The van der Waals surface area contributed by atoms with Gasteiger partial charge in [-0.1, -0.05) is 6.92 Å². The Morgan fingerprint density at radius 1 is 1.18 bits per heavy atom. The Bertz CT molecular complexity index is 1000. The van der Waals surface area contributed by atoms with E-state index in [4.69, 9.17) is 0 Å². The van der Waals surface area contributed by atoms with Gasteiger partial charge in [0.05, 0.1) is 11.3 Å². The number of benzene rings is 1. The lowest BCUT2D eigenvalue weighted by Gasteiger charge is -2.17. The second kappa shape index (κ2) is 7.21. The molecule has 2 aliphatic rings. The first kappa shape index (κ1) is 18.4. The largest absolute Gasteiger partial charge is 0.312 e. The number of imide groups is 1. The van der Waals surface area contributed by atoms with E-state index in [-0.39, 0.29) is 30.6 Å². The Morgan fingerprint density at radius 3 is 2.50 bits per heavy atom. The van der Waals surface area contributed by atoms with Gasteiger partial charge in [-0.3, -0.25) is 19.3 Å². The number of hydrogen-bond acceptors (Lipinski definition) is 5. The second-order valence-corrected chi connectivity index (χ2v) is 8.40. The summed E-state index contributed by atoms with van der Waals surface area (Å²) in [7, 11) is 0. The van der Waals surface area contributed by atoms with Gasteiger partial charge in [0.1, 0.15) is 11.1 Å². The zero-order chi connectivity index (χ0) is 19.8. The van der Waals surface area contributed by atoms with Gasteiger partial charge in [-0.2, -0.15) is 5.26 Å². The van der Waals surface area contributed by atoms with E-state index in [1.54, 1.807) is 24.3 Å². The van der Waals surface area contributed by atoms with Crippen LogP contribution in [-0.4, -0.2) is 17.7 Å². The number of anilines is 2. The summed E-state index contributed by atoms with van der Waals surface area (Å²) in [4.78, 5) is 38.7. The first-order chi connectivity index (χ1) is 13.5. The fourth-order valence-corrected chi connectivity index (χ4v) is 4.96. The minimum absolute atomic E-state index is 0.222. The predicted octanol–water partition coefficient (Wildman–Crippen LogP) is 3.65. The molecule has 2 aromatic rings. The molecule has 0 saturated carbocycles. The number of carbonyl (C=O) groups excluding carboxylic acids is 3. The molecule has 1 aliphatic heterocycles. The maximum absolute atomic E-state index is 12.7. The number of nitrogens with one attached hydrogen (secondary N) is 1. The van der Waals surface area contributed by atoms with Crippen molar-refractivity contribution in [3.8, 4) is 6.07 Å². The molecule has 1 fully saturated rings. The first-order valence-electron chi connectivity index (χ1n) is 9.29. The molecule has 4 rings (SSSR count). The van der Waals surface area contributed by atoms with Gasteiger partial charge in [-0.25, -0.2) is 0 Å². The molecular formula is C21H19N3O3S. The number of hydrogen-bond donors (Lipinski definition) is 1. The van der Waals surface area contributed by atoms with Crippen molar-refractivity contribution in [1.82, 2.24) is 0 Å². The standard InChI is InChI=1S/C21H19N3O3S/c1-12-2-7-17-15(10-12)16(11-22)21(28-17)23-20(27)13-3-5-14(6-4-13)24-18(25)8-9-19(24)26/h3-6,12H,2,7-10H2,1H3,(H,23,27)/t12-/m1/s1. The number of amides is 3. The minimum atomic E-state index is -0.311. The van der Waals surface area contributed by atoms with Gasteiger partial charge >= 0.3 is 0 Å². The lowest BCUT2D eigenvalue weighted by molar-refractivity contribution is -0.121. The van der Waals surface area contributed by atoms with Crippen molar-refractivity contribution in [2.75, 3.05) is 10.2 Å². The summed E-state index contributed by atoms with van der Waals surface area (Å²) >= 11 is 1.48. The summed E-state index contributed by atoms with van der Waals surface area (Å²) in [5, 5.41) is 13.0. The van der Waals surface area contributed by atoms with Gasteiger partial charge < -0.3 is 5.32 Å². The summed E-state index contributed by atoms with van der Waals surface area (Å²) < 4.78 is 0. The number of nitrogens with zero attached hydrogens (tertiary/aromatic N) is 2. The summed E-state index contributed by atoms with van der Waals surface area (Å²) in [6.07, 6.45) is 3.36. The third-order valence-corrected chi connectivity index (χ3v) is 6.49. The van der Waals surface area contributed by atoms with Crippen molar-refractivity contribution in [3.05, 3.63) is 45.8 Å². The molecule has 1 aromatic carbocycles. The number of thiophene rings is 1. The van der Waals surface area contributed by atoms with E-state index < -0.39 is 0 Å². The Kier molecular flexibility index (Phi) is 4.73. The van der Waals surface area contributed by atoms with E-state index in [9.17, 15) is 19.6 Å². The van der Waals surface area contributed by atoms with Crippen molar-refractivity contribution in [3.63, 3.8) is 0 Å². The molecule has 1 atom stereocenters. The quantitative estimate of drug-likeness (QED) is 0.806. The van der Waals surface area contributed by atoms with Gasteiger partial charge in [0.15, 0.2) is 0 Å². The van der Waals surface area contributed by atoms with Crippen LogP contribution < -0.4 is 10.2 Å². The van der Waals surface area contributed by atoms with E-state index in [0.29, 0.717) is 27.7 Å². The summed E-state index contributed by atoms with van der Waals surface area (Å²) in [5.41, 5.74) is 2.53. The van der Waals surface area contributed by atoms with Gasteiger partial charge in [0, 0.05) is 23.3 Å². The molecule has 7 heteroatoms. The highest BCUT2D eigenvalue weighted by molar-refractivity contribution is 7.16. The Labute approximate surface area is 166 Å². The van der Waals surface area contributed by atoms with Gasteiger partial charge in [0.25, 0.3) is 5.91 Å². The highest BCUT2D eigenvalue weighted by Gasteiger charge is 2.30. The SMILES string of the molecule is C[C@@H]1CCc2sc(NC(=O)c3ccc(N4C(=O)CCC4=O)cc3)c(C#N)c2C1. The molecule has 28 heavy (non-hydrogen) atoms. The molecule has 2 heterocycles. The molecule has 0 spiro atoms. The number of carbonyl (C=O) groups is 3. The van der Waals surface area contributed by atoms with Crippen LogP contribution in [0.5, 0.6) is 0 Å². The van der Waals surface area contributed by atoms with Crippen molar-refractivity contribution in [2.45, 2.75) is 39.0 Å². The molecule has 0 radical (unpaired) electrons. The lowest BCUT2D eigenvalue weighted by Crippen LogP contribution is -2.28. The summed E-state index contributed by atoms with van der Waals surface area (Å²) in [5.74, 6) is -0.214. The van der Waals surface area contributed by atoms with Crippen molar-refractivity contribution < 1.29 is 14.4 Å². The summed E-state index contributed by atoms with van der Waals surface area (Å²) in [6, 6.07) is 8.63. The third-order valence-electron chi connectivity index (χ3n) is 5.29. The molecule has 1 N–H and O–H groups in total. The van der Waals surface area contributed by atoms with E-state index in [0.717, 1.165) is 29.7 Å². The maximum atomic E-state index is 12.7. The van der Waals surface area contributed by atoms with E-state index >= 15 is 0 Å². The molecule has 3 amide bonds. The predicted molar refractivity (Wildman–Crippen MR) is 106 cm³/mol. The first-order valence-corrected chi connectivity index (χ1v) is 10.1. The monoisotopic (exact) mass is 393 g/mol. The average Bonchev–Trinajstić information content (AvgIpc) is 3.20. The van der Waals surface area contributed by atoms with Crippen molar-refractivity contribution in [2.24, 2.45) is 5.92 Å². The van der Waals surface area contributed by atoms with Crippen molar-refractivity contribution >= 4 is 39.7 Å². The van der Waals surface area contributed by atoms with Crippen LogP contribution in [0.2, 0.25) is 0 Å². The van der Waals surface area contributed by atoms with Crippen LogP contribution in [0.3, 0.4) is 0 Å². The van der Waals surface area contributed by atoms with Gasteiger partial charge in [-0.05, 0) is 55.0 Å². The van der Waals surface area contributed by atoms with Crippen LogP contribution in [0.4, 0.5) is 10.7 Å². The van der Waals surface area contributed by atoms with Crippen molar-refractivity contribution in [1.29, 1.82) is 5.26 Å². The fraction of sp³-hybridized carbons (Fsp3) is 0.333. The van der Waals surface area contributed by atoms with Gasteiger partial charge in [-0.15, -0.1) is 11.3 Å². The van der Waals surface area contributed by atoms with Crippen LogP contribution >= 0.6 is 11.3 Å². The van der Waals surface area contributed by atoms with Crippen LogP contribution in [0.1, 0.15) is 52.5 Å². The smallest absolute Gasteiger partial charge is 0.256 e. The number of rotatable bonds is 3. The molecular weight excluding hydrogens is 374 g/mol. The van der Waals surface area contributed by atoms with Crippen LogP contribution in [0, 0.1) is 17.2 Å². The Morgan fingerprint density at radius 2 is 1.86 bits per heavy atom. The molecule has 142 valence electrons. The van der Waals surface area contributed by atoms with E-state index in [2.05, 4.69) is 18.3 Å². The molecule has 1 aromatic heterocycles. The van der Waals surface area contributed by atoms with E-state index in [1.807, 2.05) is 0 Å². The highest BCUT2D eigenvalue weighted by atomic mass is 32.1. The fourth-order valence-electron chi connectivity index (χ4n) is 3.77. The molecule has 1 saturated heterocycles. The lowest BCUT2D eigenvalue weighted by atomic mass is 9.88. The molecule has 6 nitrogen and oxygen atoms in total. The number of aryl methyl sites for hydroxylation is 1. The van der Waals surface area contributed by atoms with E-state index in [1.165, 1.54) is 16.2 Å². The normalized spacial score (nSPS) is 18.7. The molecule has 1 aliphatic carbocycles. The molecule has 0 bridgehead atoms. The topological polar surface area (TPSA) is 90.3 Å². The second-order valence-electron chi connectivity index (χ2n) is 7.29. The maximum Gasteiger partial charge on any atom is 0.256 e. The minimum Gasteiger partial charge on any atom is -0.312 e. The van der Waals surface area contributed by atoms with Crippen LogP contribution in [0.15, 0.2) is 24.3 Å². The average molecular weight is 393 g/mol. The Balaban J connectivity index is 1.54. The number of fused-ring (bicyclic) bond motifs is 1. The zero-order valence-electron chi connectivity index (χ0n) is 15.4. The van der Waals surface area contributed by atoms with Crippen LogP contribution in [-0.2, 0) is 22.4 Å².